The van der Waals surface area contributed by atoms with Crippen molar-refractivity contribution in [3.8, 4) is 0 Å². The number of hydrogen-bond donors (Lipinski definition) is 0. The van der Waals surface area contributed by atoms with Crippen LogP contribution in [0.2, 0.25) is 0 Å². The fourth-order valence-electron chi connectivity index (χ4n) is 1.42. The zero-order chi connectivity index (χ0) is 6.97. The molecule has 11 heavy (non-hydrogen) atoms. The van der Waals surface area contributed by atoms with E-state index in [1.165, 1.54) is 11.5 Å². The van der Waals surface area contributed by atoms with Crippen LogP contribution in [-0.2, 0) is 22.4 Å². The molecule has 0 fully saturated rings. The third-order valence-corrected chi connectivity index (χ3v) is 3.53. The summed E-state index contributed by atoms with van der Waals surface area (Å²) < 4.78 is 0. The van der Waals surface area contributed by atoms with Crippen LogP contribution in [0.25, 0.3) is 0 Å². The highest BCUT2D eigenvalue weighted by atomic mass is 127. The van der Waals surface area contributed by atoms with Crippen molar-refractivity contribution in [2.24, 2.45) is 0 Å². The second kappa shape index (κ2) is 3.81. The first-order valence-electron chi connectivity index (χ1n) is 3.52. The van der Waals surface area contributed by atoms with Gasteiger partial charge in [-0.3, -0.25) is 0 Å². The van der Waals surface area contributed by atoms with Crippen molar-refractivity contribution in [3.05, 3.63) is 35.4 Å². The summed E-state index contributed by atoms with van der Waals surface area (Å²) in [6.07, 6.45) is 2.35. The van der Waals surface area contributed by atoms with Crippen molar-refractivity contribution < 1.29 is 24.0 Å². The molecule has 2 rings (SSSR count). The first kappa shape index (κ1) is 9.39. The van der Waals surface area contributed by atoms with Crippen LogP contribution in [0.3, 0.4) is 0 Å². The number of hydrogen-bond acceptors (Lipinski definition) is 0. The maximum Gasteiger partial charge on any atom is 0.133 e. The Morgan fingerprint density at radius 1 is 1.09 bits per heavy atom. The van der Waals surface area contributed by atoms with E-state index in [1.807, 2.05) is 0 Å². The Morgan fingerprint density at radius 2 is 1.55 bits per heavy atom. The molecule has 1 heterocycles. The van der Waals surface area contributed by atoms with Crippen molar-refractivity contribution in [1.82, 2.24) is 0 Å². The van der Waals surface area contributed by atoms with Gasteiger partial charge in [0, 0.05) is 11.1 Å². The van der Waals surface area contributed by atoms with Gasteiger partial charge in [-0.1, -0.05) is 24.3 Å². The van der Waals surface area contributed by atoms with Gasteiger partial charge in [0.25, 0.3) is 0 Å². The molecule has 1 aromatic carbocycles. The van der Waals surface area contributed by atoms with Gasteiger partial charge in [-0.15, -0.1) is 0 Å². The first-order valence-corrected chi connectivity index (χ1v) is 5.49. The summed E-state index contributed by atoms with van der Waals surface area (Å²) in [6, 6.07) is 8.79. The molecule has 0 unspecified atom stereocenters. The molecule has 0 saturated carbocycles. The minimum Gasteiger partial charge on any atom is -1.00 e. The molecule has 0 radical (unpaired) electrons. The van der Waals surface area contributed by atoms with Crippen LogP contribution in [0, 0.1) is 0 Å². The molecule has 0 spiro atoms. The minimum absolute atomic E-state index is 0. The molecule has 1 aliphatic heterocycles. The maximum absolute atomic E-state index is 2.35. The molecule has 0 nitrogen and oxygen atoms in total. The second-order valence-corrected chi connectivity index (χ2v) is 4.98. The fraction of sp³-hybridized carbons (Fsp3) is 0.333. The van der Waals surface area contributed by atoms with Gasteiger partial charge in [0.05, 0.1) is 6.26 Å². The molecular weight excluding hydrogens is 267 g/mol. The van der Waals surface area contributed by atoms with Gasteiger partial charge in [-0.25, -0.2) is 0 Å². The molecule has 0 N–H and O–H groups in total. The van der Waals surface area contributed by atoms with Gasteiger partial charge in [-0.2, -0.15) is 0 Å². The van der Waals surface area contributed by atoms with Crippen LogP contribution in [0.15, 0.2) is 24.3 Å². The summed E-state index contributed by atoms with van der Waals surface area (Å²) >= 11 is 0. The first-order chi connectivity index (χ1) is 4.86. The van der Waals surface area contributed by atoms with E-state index >= 15 is 0 Å². The third kappa shape index (κ3) is 1.90. The Bertz CT molecular complexity index is 222. The fourth-order valence-corrected chi connectivity index (χ4v) is 3.15. The predicted octanol–water partition coefficient (Wildman–Crippen LogP) is -1.05. The van der Waals surface area contributed by atoms with Gasteiger partial charge in [0.2, 0.25) is 0 Å². The van der Waals surface area contributed by atoms with Gasteiger partial charge in [-0.05, 0) is 10.9 Å². The van der Waals surface area contributed by atoms with E-state index in [1.54, 1.807) is 11.1 Å². The molecule has 0 saturated heterocycles. The maximum atomic E-state index is 2.35. The molecule has 0 atom stereocenters. The highest BCUT2D eigenvalue weighted by molar-refractivity contribution is 7.95. The Morgan fingerprint density at radius 3 is 2.00 bits per heavy atom. The highest BCUT2D eigenvalue weighted by Crippen LogP contribution is 2.24. The SMILES string of the molecule is C[S+]1Cc2ccccc2C1.[I-]. The Balaban J connectivity index is 0.000000605. The summed E-state index contributed by atoms with van der Waals surface area (Å²) in [5, 5.41) is 0. The number of halogens is 1. The standard InChI is InChI=1S/C9H11S.HI/c1-10-6-8-4-2-3-5-9(8)7-10;/h2-5H,6-7H2,1H3;1H/q+1;/p-1. The number of benzene rings is 1. The summed E-state index contributed by atoms with van der Waals surface area (Å²) in [7, 11) is 0.631. The average Bonchev–Trinajstić information content (AvgIpc) is 2.27. The van der Waals surface area contributed by atoms with Crippen molar-refractivity contribution in [2.45, 2.75) is 11.5 Å². The van der Waals surface area contributed by atoms with Crippen molar-refractivity contribution in [3.63, 3.8) is 0 Å². The van der Waals surface area contributed by atoms with Crippen LogP contribution < -0.4 is 24.0 Å². The van der Waals surface area contributed by atoms with E-state index in [0.29, 0.717) is 10.9 Å². The van der Waals surface area contributed by atoms with Crippen LogP contribution >= 0.6 is 0 Å². The Labute approximate surface area is 87.8 Å². The molecule has 2 heteroatoms. The molecule has 1 aromatic rings. The Hall–Kier alpha value is 0.300. The van der Waals surface area contributed by atoms with Gasteiger partial charge in [0.15, 0.2) is 0 Å². The number of rotatable bonds is 0. The van der Waals surface area contributed by atoms with E-state index in [9.17, 15) is 0 Å². The van der Waals surface area contributed by atoms with Crippen LogP contribution in [-0.4, -0.2) is 6.26 Å². The zero-order valence-electron chi connectivity index (χ0n) is 6.51. The van der Waals surface area contributed by atoms with E-state index in [2.05, 4.69) is 30.5 Å². The lowest BCUT2D eigenvalue weighted by molar-refractivity contribution is -0.00000213. The summed E-state index contributed by atoms with van der Waals surface area (Å²) in [5.41, 5.74) is 3.15. The average molecular weight is 278 g/mol. The second-order valence-electron chi connectivity index (χ2n) is 2.84. The summed E-state index contributed by atoms with van der Waals surface area (Å²) in [6.45, 7) is 0. The van der Waals surface area contributed by atoms with Gasteiger partial charge < -0.3 is 24.0 Å². The topological polar surface area (TPSA) is 0 Å². The van der Waals surface area contributed by atoms with Crippen LogP contribution in [0.5, 0.6) is 0 Å². The number of fused-ring (bicyclic) bond motifs is 1. The Kier molecular flexibility index (Phi) is 3.25. The molecule has 0 aromatic heterocycles. The van der Waals surface area contributed by atoms with Crippen molar-refractivity contribution in [2.75, 3.05) is 6.26 Å². The van der Waals surface area contributed by atoms with E-state index in [4.69, 9.17) is 0 Å². The molecule has 0 amide bonds. The lowest BCUT2D eigenvalue weighted by Crippen LogP contribution is -3.00. The zero-order valence-corrected chi connectivity index (χ0v) is 9.48. The normalized spacial score (nSPS) is 15.7. The van der Waals surface area contributed by atoms with Crippen LogP contribution in [0.1, 0.15) is 11.1 Å². The van der Waals surface area contributed by atoms with Crippen LogP contribution in [0.4, 0.5) is 0 Å². The molecule has 0 aliphatic carbocycles. The van der Waals surface area contributed by atoms with Gasteiger partial charge in [0.1, 0.15) is 11.5 Å². The van der Waals surface area contributed by atoms with E-state index in [0.717, 1.165) is 0 Å². The quantitative estimate of drug-likeness (QED) is 0.420. The van der Waals surface area contributed by atoms with E-state index in [-0.39, 0.29) is 24.0 Å². The van der Waals surface area contributed by atoms with E-state index < -0.39 is 0 Å². The van der Waals surface area contributed by atoms with Gasteiger partial charge >= 0.3 is 0 Å². The minimum atomic E-state index is 0. The largest absolute Gasteiger partial charge is 1.00 e. The molecule has 1 aliphatic rings. The summed E-state index contributed by atoms with van der Waals surface area (Å²) in [4.78, 5) is 0. The lowest BCUT2D eigenvalue weighted by atomic mass is 10.1. The highest BCUT2D eigenvalue weighted by Gasteiger charge is 2.23. The predicted molar refractivity (Wildman–Crippen MR) is 47.1 cm³/mol. The van der Waals surface area contributed by atoms with Crippen molar-refractivity contribution in [1.29, 1.82) is 0 Å². The molecular formula is C9H11IS. The summed E-state index contributed by atoms with van der Waals surface area (Å²) in [5.74, 6) is 2.63. The monoisotopic (exact) mass is 278 g/mol. The smallest absolute Gasteiger partial charge is 0.133 e. The van der Waals surface area contributed by atoms with Crippen molar-refractivity contribution >= 4 is 10.9 Å². The molecule has 0 bridgehead atoms. The molecule has 60 valence electrons. The third-order valence-electron chi connectivity index (χ3n) is 1.92. The lowest BCUT2D eigenvalue weighted by Gasteiger charge is -1.88.